The normalized spacial score (nSPS) is 21.9. The molecule has 20 heavy (non-hydrogen) atoms. The molecule has 1 aromatic rings. The summed E-state index contributed by atoms with van der Waals surface area (Å²) in [6.45, 7) is 4.86. The van der Waals surface area contributed by atoms with E-state index in [-0.39, 0.29) is 0 Å². The maximum atomic E-state index is 11.4. The summed E-state index contributed by atoms with van der Waals surface area (Å²) in [5.74, 6) is 0. The maximum absolute atomic E-state index is 11.4. The van der Waals surface area contributed by atoms with Gasteiger partial charge >= 0.3 is 6.03 Å². The van der Waals surface area contributed by atoms with E-state index in [4.69, 9.17) is 22.1 Å². The highest BCUT2D eigenvalue weighted by molar-refractivity contribution is 6.30. The van der Waals surface area contributed by atoms with Crippen LogP contribution in [0.25, 0.3) is 0 Å². The number of carbonyl (C=O) groups is 1. The van der Waals surface area contributed by atoms with Gasteiger partial charge in [0.05, 0.1) is 6.54 Å². The Kier molecular flexibility index (Phi) is 4.30. The quantitative estimate of drug-likeness (QED) is 0.928. The lowest BCUT2D eigenvalue weighted by Gasteiger charge is -2.26. The van der Waals surface area contributed by atoms with Crippen molar-refractivity contribution in [3.8, 4) is 0 Å². The summed E-state index contributed by atoms with van der Waals surface area (Å²) in [6.07, 6.45) is 0.889. The van der Waals surface area contributed by atoms with Gasteiger partial charge in [0.15, 0.2) is 0 Å². The molecule has 6 heteroatoms. The molecule has 2 N–H and O–H groups in total. The Morgan fingerprint density at radius 3 is 2.70 bits per heavy atom. The van der Waals surface area contributed by atoms with E-state index in [0.717, 1.165) is 12.0 Å². The fourth-order valence-electron chi connectivity index (χ4n) is 2.16. The Morgan fingerprint density at radius 2 is 2.15 bits per heavy atom. The van der Waals surface area contributed by atoms with Gasteiger partial charge in [0.2, 0.25) is 0 Å². The highest BCUT2D eigenvalue weighted by Gasteiger charge is 2.41. The van der Waals surface area contributed by atoms with Gasteiger partial charge < -0.3 is 10.5 Å². The molecule has 0 fully saturated rings. The number of hydrogen-bond acceptors (Lipinski definition) is 3. The Morgan fingerprint density at radius 1 is 1.50 bits per heavy atom. The lowest BCUT2D eigenvalue weighted by Crippen LogP contribution is -2.43. The molecule has 108 valence electrons. The largest absolute Gasteiger partial charge is 0.367 e. The van der Waals surface area contributed by atoms with Crippen LogP contribution in [-0.4, -0.2) is 35.5 Å². The van der Waals surface area contributed by atoms with Crippen LogP contribution in [0.5, 0.6) is 0 Å². The van der Waals surface area contributed by atoms with Gasteiger partial charge in [-0.1, -0.05) is 30.7 Å². The monoisotopic (exact) mass is 295 g/mol. The van der Waals surface area contributed by atoms with Crippen molar-refractivity contribution in [2.75, 3.05) is 13.2 Å². The topological polar surface area (TPSA) is 67.9 Å². The zero-order valence-corrected chi connectivity index (χ0v) is 12.4. The van der Waals surface area contributed by atoms with Crippen LogP contribution in [0.3, 0.4) is 0 Å². The summed E-state index contributed by atoms with van der Waals surface area (Å²) in [4.78, 5) is 11.4. The minimum absolute atomic E-state index is 0.320. The summed E-state index contributed by atoms with van der Waals surface area (Å²) in [5, 5.41) is 6.19. The first-order chi connectivity index (χ1) is 9.46. The van der Waals surface area contributed by atoms with E-state index in [1.807, 2.05) is 26.0 Å². The lowest BCUT2D eigenvalue weighted by atomic mass is 9.94. The number of ether oxygens (including phenoxy) is 1. The standard InChI is InChI=1S/C14H18ClN3O2/c1-3-8-20-14(2)9-18(13(16)19)17-12(14)10-4-6-11(15)7-5-10/h4-7H,3,8-9H2,1-2H3,(H2,16,19). The summed E-state index contributed by atoms with van der Waals surface area (Å²) in [6, 6.07) is 6.71. The molecule has 0 aliphatic carbocycles. The highest BCUT2D eigenvalue weighted by atomic mass is 35.5. The van der Waals surface area contributed by atoms with Crippen LogP contribution in [0.1, 0.15) is 25.8 Å². The van der Waals surface area contributed by atoms with Crippen molar-refractivity contribution >= 4 is 23.3 Å². The second-order valence-electron chi connectivity index (χ2n) is 4.93. The third kappa shape index (κ3) is 2.94. The molecular formula is C14H18ClN3O2. The van der Waals surface area contributed by atoms with Gasteiger partial charge in [0, 0.05) is 17.2 Å². The molecule has 5 nitrogen and oxygen atoms in total. The Balaban J connectivity index is 2.35. The number of urea groups is 1. The predicted octanol–water partition coefficient (Wildman–Crippen LogP) is 2.62. The van der Waals surface area contributed by atoms with Crippen LogP contribution in [0.2, 0.25) is 5.02 Å². The number of hydrogen-bond donors (Lipinski definition) is 1. The van der Waals surface area contributed by atoms with Crippen molar-refractivity contribution in [3.63, 3.8) is 0 Å². The van der Waals surface area contributed by atoms with Crippen LogP contribution in [-0.2, 0) is 4.74 Å². The van der Waals surface area contributed by atoms with Crippen molar-refractivity contribution in [1.29, 1.82) is 0 Å². The third-order valence-electron chi connectivity index (χ3n) is 3.17. The first kappa shape index (κ1) is 14.8. The van der Waals surface area contributed by atoms with Crippen molar-refractivity contribution in [3.05, 3.63) is 34.9 Å². The average molecular weight is 296 g/mol. The number of amides is 2. The Hall–Kier alpha value is -1.59. The van der Waals surface area contributed by atoms with E-state index in [9.17, 15) is 4.79 Å². The highest BCUT2D eigenvalue weighted by Crippen LogP contribution is 2.27. The molecule has 1 unspecified atom stereocenters. The SMILES string of the molecule is CCCOC1(C)CN(C(N)=O)N=C1c1ccc(Cl)cc1. The molecule has 0 radical (unpaired) electrons. The molecule has 0 saturated heterocycles. The van der Waals surface area contributed by atoms with Crippen LogP contribution < -0.4 is 5.73 Å². The van der Waals surface area contributed by atoms with Gasteiger partial charge in [-0.25, -0.2) is 9.80 Å². The third-order valence-corrected chi connectivity index (χ3v) is 3.42. The smallest absolute Gasteiger partial charge is 0.335 e. The Labute approximate surface area is 123 Å². The lowest BCUT2D eigenvalue weighted by molar-refractivity contribution is 0.0168. The fraction of sp³-hybridized carbons (Fsp3) is 0.429. The molecule has 0 saturated carbocycles. The number of halogens is 1. The second kappa shape index (κ2) is 5.81. The van der Waals surface area contributed by atoms with E-state index in [1.54, 1.807) is 12.1 Å². The summed E-state index contributed by atoms with van der Waals surface area (Å²) in [7, 11) is 0. The summed E-state index contributed by atoms with van der Waals surface area (Å²) >= 11 is 5.90. The first-order valence-corrected chi connectivity index (χ1v) is 6.90. The first-order valence-electron chi connectivity index (χ1n) is 6.52. The van der Waals surface area contributed by atoms with Gasteiger partial charge in [-0.3, -0.25) is 0 Å². The molecule has 2 amide bonds. The minimum atomic E-state index is -0.654. The van der Waals surface area contributed by atoms with Crippen molar-refractivity contribution in [1.82, 2.24) is 5.01 Å². The maximum Gasteiger partial charge on any atom is 0.335 e. The number of primary amides is 1. The van der Waals surface area contributed by atoms with Gasteiger partial charge in [-0.05, 0) is 25.5 Å². The number of rotatable bonds is 4. The van der Waals surface area contributed by atoms with Gasteiger partial charge in [-0.2, -0.15) is 5.10 Å². The predicted molar refractivity (Wildman–Crippen MR) is 78.9 cm³/mol. The number of nitrogens with zero attached hydrogens (tertiary/aromatic N) is 2. The number of hydrazone groups is 1. The van der Waals surface area contributed by atoms with Crippen LogP contribution in [0, 0.1) is 0 Å². The number of carbonyl (C=O) groups excluding carboxylic acids is 1. The zero-order chi connectivity index (χ0) is 14.8. The van der Waals surface area contributed by atoms with Crippen molar-refractivity contribution in [2.45, 2.75) is 25.9 Å². The minimum Gasteiger partial charge on any atom is -0.367 e. The van der Waals surface area contributed by atoms with Crippen LogP contribution in [0.15, 0.2) is 29.4 Å². The summed E-state index contributed by atoms with van der Waals surface area (Å²) in [5.41, 5.74) is 6.23. The molecule has 0 spiro atoms. The number of nitrogens with two attached hydrogens (primary N) is 1. The van der Waals surface area contributed by atoms with Gasteiger partial charge in [0.1, 0.15) is 11.3 Å². The molecule has 1 aliphatic rings. The summed E-state index contributed by atoms with van der Waals surface area (Å²) < 4.78 is 5.90. The van der Waals surface area contributed by atoms with E-state index in [0.29, 0.717) is 23.9 Å². The van der Waals surface area contributed by atoms with Gasteiger partial charge in [0.25, 0.3) is 0 Å². The fourth-order valence-corrected chi connectivity index (χ4v) is 2.29. The molecule has 1 atom stereocenters. The van der Waals surface area contributed by atoms with E-state index in [2.05, 4.69) is 5.10 Å². The van der Waals surface area contributed by atoms with Crippen molar-refractivity contribution < 1.29 is 9.53 Å². The molecule has 2 rings (SSSR count). The Bertz CT molecular complexity index is 530. The molecule has 1 heterocycles. The second-order valence-corrected chi connectivity index (χ2v) is 5.37. The average Bonchev–Trinajstić information content (AvgIpc) is 2.76. The molecule has 1 aliphatic heterocycles. The molecule has 1 aromatic carbocycles. The van der Waals surface area contributed by atoms with Crippen LogP contribution in [0.4, 0.5) is 4.79 Å². The van der Waals surface area contributed by atoms with Crippen molar-refractivity contribution in [2.24, 2.45) is 10.8 Å². The molecular weight excluding hydrogens is 278 g/mol. The van der Waals surface area contributed by atoms with E-state index < -0.39 is 11.6 Å². The molecule has 0 aromatic heterocycles. The molecule has 0 bridgehead atoms. The van der Waals surface area contributed by atoms with Crippen LogP contribution >= 0.6 is 11.6 Å². The zero-order valence-electron chi connectivity index (χ0n) is 11.6. The number of benzene rings is 1. The van der Waals surface area contributed by atoms with E-state index in [1.165, 1.54) is 5.01 Å². The van der Waals surface area contributed by atoms with E-state index >= 15 is 0 Å². The van der Waals surface area contributed by atoms with Gasteiger partial charge in [-0.15, -0.1) is 0 Å².